The molecule has 1 heterocycles. The van der Waals surface area contributed by atoms with Crippen molar-refractivity contribution in [2.45, 2.75) is 33.4 Å². The highest BCUT2D eigenvalue weighted by atomic mass is 32.1. The molecule has 0 aliphatic heterocycles. The fourth-order valence-corrected chi connectivity index (χ4v) is 1.88. The first-order chi connectivity index (χ1) is 8.30. The number of aliphatic carboxylic acids is 1. The van der Waals surface area contributed by atoms with Gasteiger partial charge in [0.2, 0.25) is 0 Å². The number of carbonyl (C=O) groups is 2. The molecule has 0 aliphatic carbocycles. The van der Waals surface area contributed by atoms with Gasteiger partial charge in [0.05, 0.1) is 17.7 Å². The van der Waals surface area contributed by atoms with E-state index in [1.54, 1.807) is 26.3 Å². The zero-order valence-corrected chi connectivity index (χ0v) is 11.4. The van der Waals surface area contributed by atoms with Gasteiger partial charge in [-0.2, -0.15) is 0 Å². The quantitative estimate of drug-likeness (QED) is 0.772. The van der Waals surface area contributed by atoms with E-state index >= 15 is 0 Å². The van der Waals surface area contributed by atoms with Gasteiger partial charge in [-0.1, -0.05) is 20.8 Å². The van der Waals surface area contributed by atoms with Crippen LogP contribution >= 0.6 is 11.3 Å². The van der Waals surface area contributed by atoms with Gasteiger partial charge in [0.15, 0.2) is 0 Å². The molecule has 6 nitrogen and oxygen atoms in total. The minimum atomic E-state index is -1.05. The number of nitrogens with zero attached hydrogens (tertiary/aromatic N) is 1. The zero-order chi connectivity index (χ0) is 13.8. The summed E-state index contributed by atoms with van der Waals surface area (Å²) in [6, 6.07) is -1.45. The highest BCUT2D eigenvalue weighted by Gasteiger charge is 2.32. The van der Waals surface area contributed by atoms with Gasteiger partial charge >= 0.3 is 12.0 Å². The van der Waals surface area contributed by atoms with Crippen LogP contribution in [0.25, 0.3) is 0 Å². The Bertz CT molecular complexity index is 412. The zero-order valence-electron chi connectivity index (χ0n) is 10.6. The highest BCUT2D eigenvalue weighted by Crippen LogP contribution is 2.19. The fraction of sp³-hybridized carbons (Fsp3) is 0.545. The number of rotatable bonds is 4. The Labute approximate surface area is 109 Å². The van der Waals surface area contributed by atoms with Crippen LogP contribution in [-0.4, -0.2) is 28.1 Å². The number of amides is 2. The van der Waals surface area contributed by atoms with Crippen molar-refractivity contribution in [3.8, 4) is 0 Å². The maximum absolute atomic E-state index is 11.6. The summed E-state index contributed by atoms with van der Waals surface area (Å²) in [7, 11) is 0. The van der Waals surface area contributed by atoms with E-state index in [1.165, 1.54) is 11.3 Å². The number of hydrogen-bond donors (Lipinski definition) is 3. The smallest absolute Gasteiger partial charge is 0.326 e. The van der Waals surface area contributed by atoms with Crippen LogP contribution in [0.2, 0.25) is 0 Å². The van der Waals surface area contributed by atoms with E-state index in [9.17, 15) is 9.59 Å². The normalized spacial score (nSPS) is 12.8. The third-order valence-electron chi connectivity index (χ3n) is 2.30. The summed E-state index contributed by atoms with van der Waals surface area (Å²) in [5, 5.41) is 15.9. The van der Waals surface area contributed by atoms with Gasteiger partial charge in [0, 0.05) is 5.38 Å². The van der Waals surface area contributed by atoms with Crippen LogP contribution in [0, 0.1) is 5.41 Å². The van der Waals surface area contributed by atoms with Crippen LogP contribution in [0.4, 0.5) is 4.79 Å². The molecule has 7 heteroatoms. The topological polar surface area (TPSA) is 91.3 Å². The van der Waals surface area contributed by atoms with E-state index in [0.717, 1.165) is 5.69 Å². The maximum atomic E-state index is 11.6. The Morgan fingerprint density at radius 2 is 2.17 bits per heavy atom. The van der Waals surface area contributed by atoms with E-state index in [2.05, 4.69) is 15.6 Å². The molecule has 100 valence electrons. The molecule has 1 aromatic heterocycles. The van der Waals surface area contributed by atoms with E-state index in [0.29, 0.717) is 0 Å². The molecule has 1 unspecified atom stereocenters. The van der Waals surface area contributed by atoms with Gasteiger partial charge in [-0.15, -0.1) is 11.3 Å². The van der Waals surface area contributed by atoms with Crippen molar-refractivity contribution in [2.75, 3.05) is 0 Å². The standard InChI is InChI=1S/C11H17N3O3S/c1-11(2,3)8(9(15)16)14-10(17)12-4-7-5-18-6-13-7/h5-6,8H,4H2,1-3H3,(H,15,16)(H2,12,14,17). The lowest BCUT2D eigenvalue weighted by Gasteiger charge is -2.27. The molecule has 3 N–H and O–H groups in total. The second kappa shape index (κ2) is 5.81. The lowest BCUT2D eigenvalue weighted by molar-refractivity contribution is -0.141. The largest absolute Gasteiger partial charge is 0.480 e. The van der Waals surface area contributed by atoms with Crippen LogP contribution < -0.4 is 10.6 Å². The molecule has 1 aromatic rings. The van der Waals surface area contributed by atoms with E-state index in [4.69, 9.17) is 5.11 Å². The molecule has 1 rings (SSSR count). The number of carboxylic acids is 1. The Morgan fingerprint density at radius 1 is 1.50 bits per heavy atom. The highest BCUT2D eigenvalue weighted by molar-refractivity contribution is 7.07. The monoisotopic (exact) mass is 271 g/mol. The average molecular weight is 271 g/mol. The van der Waals surface area contributed by atoms with Crippen LogP contribution in [0.5, 0.6) is 0 Å². The molecule has 0 saturated carbocycles. The third-order valence-corrected chi connectivity index (χ3v) is 2.94. The molecule has 2 amide bonds. The van der Waals surface area contributed by atoms with Crippen molar-refractivity contribution in [1.29, 1.82) is 0 Å². The van der Waals surface area contributed by atoms with Crippen LogP contribution in [0.3, 0.4) is 0 Å². The lowest BCUT2D eigenvalue weighted by Crippen LogP contribution is -2.52. The molecular weight excluding hydrogens is 254 g/mol. The number of aromatic nitrogens is 1. The maximum Gasteiger partial charge on any atom is 0.326 e. The Kier molecular flexibility index (Phi) is 4.66. The minimum Gasteiger partial charge on any atom is -0.480 e. The Morgan fingerprint density at radius 3 is 2.61 bits per heavy atom. The second-order valence-corrected chi connectivity index (χ2v) is 5.66. The third kappa shape index (κ3) is 4.33. The molecule has 0 aromatic carbocycles. The van der Waals surface area contributed by atoms with Gasteiger partial charge in [0.1, 0.15) is 6.04 Å². The van der Waals surface area contributed by atoms with Crippen LogP contribution in [-0.2, 0) is 11.3 Å². The number of hydrogen-bond acceptors (Lipinski definition) is 4. The number of urea groups is 1. The number of nitrogens with one attached hydrogen (secondary N) is 2. The van der Waals surface area contributed by atoms with E-state index in [1.807, 2.05) is 5.38 Å². The first-order valence-electron chi connectivity index (χ1n) is 5.45. The summed E-state index contributed by atoms with van der Waals surface area (Å²) >= 11 is 1.44. The number of carboxylic acid groups (broad SMARTS) is 1. The number of carbonyl (C=O) groups excluding carboxylic acids is 1. The lowest BCUT2D eigenvalue weighted by atomic mass is 9.87. The van der Waals surface area contributed by atoms with Gasteiger partial charge in [-0.3, -0.25) is 0 Å². The van der Waals surface area contributed by atoms with Crippen molar-refractivity contribution in [3.05, 3.63) is 16.6 Å². The molecule has 18 heavy (non-hydrogen) atoms. The first kappa shape index (κ1) is 14.4. The van der Waals surface area contributed by atoms with Crippen LogP contribution in [0.1, 0.15) is 26.5 Å². The SMILES string of the molecule is CC(C)(C)C(NC(=O)NCc1cscn1)C(=O)O. The predicted octanol–water partition coefficient (Wildman–Crippen LogP) is 1.44. The molecule has 0 radical (unpaired) electrons. The van der Waals surface area contributed by atoms with Gasteiger partial charge in [0.25, 0.3) is 0 Å². The molecule has 0 aliphatic rings. The summed E-state index contributed by atoms with van der Waals surface area (Å²) in [5.74, 6) is -1.05. The van der Waals surface area contributed by atoms with Gasteiger partial charge < -0.3 is 15.7 Å². The summed E-state index contributed by atoms with van der Waals surface area (Å²) in [4.78, 5) is 26.7. The molecule has 0 saturated heterocycles. The number of thiazole rings is 1. The van der Waals surface area contributed by atoms with Crippen molar-refractivity contribution in [2.24, 2.45) is 5.41 Å². The van der Waals surface area contributed by atoms with E-state index < -0.39 is 23.5 Å². The van der Waals surface area contributed by atoms with Gasteiger partial charge in [-0.05, 0) is 5.41 Å². The summed E-state index contributed by atoms with van der Waals surface area (Å²) < 4.78 is 0. The Balaban J connectivity index is 2.49. The summed E-state index contributed by atoms with van der Waals surface area (Å²) in [6.45, 7) is 5.55. The predicted molar refractivity (Wildman–Crippen MR) is 68.4 cm³/mol. The van der Waals surface area contributed by atoms with E-state index in [-0.39, 0.29) is 6.54 Å². The van der Waals surface area contributed by atoms with Crippen molar-refractivity contribution < 1.29 is 14.7 Å². The van der Waals surface area contributed by atoms with Crippen molar-refractivity contribution >= 4 is 23.3 Å². The Hall–Kier alpha value is -1.63. The van der Waals surface area contributed by atoms with Crippen molar-refractivity contribution in [3.63, 3.8) is 0 Å². The molecule has 0 fully saturated rings. The van der Waals surface area contributed by atoms with Crippen molar-refractivity contribution in [1.82, 2.24) is 15.6 Å². The molecule has 1 atom stereocenters. The van der Waals surface area contributed by atoms with Crippen LogP contribution in [0.15, 0.2) is 10.9 Å². The fourth-order valence-electron chi connectivity index (χ4n) is 1.33. The summed E-state index contributed by atoms with van der Waals surface area (Å²) in [6.07, 6.45) is 0. The molecular formula is C11H17N3O3S. The molecule has 0 spiro atoms. The molecule has 0 bridgehead atoms. The second-order valence-electron chi connectivity index (χ2n) is 4.94. The van der Waals surface area contributed by atoms with Gasteiger partial charge in [-0.25, -0.2) is 14.6 Å². The average Bonchev–Trinajstić information content (AvgIpc) is 2.73. The first-order valence-corrected chi connectivity index (χ1v) is 6.39. The minimum absolute atomic E-state index is 0.284. The summed E-state index contributed by atoms with van der Waals surface area (Å²) in [5.41, 5.74) is 1.87.